The van der Waals surface area contributed by atoms with Crippen molar-refractivity contribution in [1.82, 2.24) is 0 Å². The molecule has 0 N–H and O–H groups in total. The summed E-state index contributed by atoms with van der Waals surface area (Å²) in [6.45, 7) is 5.91. The summed E-state index contributed by atoms with van der Waals surface area (Å²) in [4.78, 5) is 12.1. The Hall–Kier alpha value is -1.03. The van der Waals surface area contributed by atoms with E-state index in [9.17, 15) is 4.79 Å². The molecule has 0 aliphatic rings. The van der Waals surface area contributed by atoms with Crippen LogP contribution in [0.15, 0.2) is 18.2 Å². The van der Waals surface area contributed by atoms with Gasteiger partial charge in [-0.25, -0.2) is 0 Å². The highest BCUT2D eigenvalue weighted by Gasteiger charge is 2.16. The van der Waals surface area contributed by atoms with Gasteiger partial charge in [-0.1, -0.05) is 35.3 Å². The van der Waals surface area contributed by atoms with Crippen LogP contribution in [0.25, 0.3) is 0 Å². The van der Waals surface area contributed by atoms with Crippen LogP contribution in [0.3, 0.4) is 0 Å². The Balaban J connectivity index is 2.15. The molecule has 2 rings (SSSR count). The summed E-state index contributed by atoms with van der Waals surface area (Å²) in [5, 5.41) is 0. The zero-order chi connectivity index (χ0) is 14.9. The van der Waals surface area contributed by atoms with Crippen LogP contribution in [0, 0.1) is 20.8 Å². The van der Waals surface area contributed by atoms with Gasteiger partial charge in [0.15, 0.2) is 6.61 Å². The lowest BCUT2D eigenvalue weighted by Crippen LogP contribution is -2.12. The summed E-state index contributed by atoms with van der Waals surface area (Å²) in [6.07, 6.45) is 0. The fraction of sp³-hybridized carbons (Fsp3) is 0.267. The van der Waals surface area contributed by atoms with Crippen molar-refractivity contribution >= 4 is 40.3 Å². The van der Waals surface area contributed by atoms with Gasteiger partial charge in [0.1, 0.15) is 10.1 Å². The van der Waals surface area contributed by atoms with Gasteiger partial charge in [-0.2, -0.15) is 0 Å². The van der Waals surface area contributed by atoms with Crippen LogP contribution in [-0.2, 0) is 0 Å². The number of rotatable bonds is 4. The minimum Gasteiger partial charge on any atom is -0.485 e. The molecule has 0 saturated carbocycles. The van der Waals surface area contributed by atoms with Gasteiger partial charge in [0, 0.05) is 0 Å². The molecule has 0 aliphatic heterocycles. The van der Waals surface area contributed by atoms with E-state index in [2.05, 4.69) is 0 Å². The molecular formula is C15H14Cl2O2S. The molecule has 106 valence electrons. The predicted molar refractivity (Wildman–Crippen MR) is 84.8 cm³/mol. The molecule has 0 atom stereocenters. The van der Waals surface area contributed by atoms with E-state index in [-0.39, 0.29) is 12.4 Å². The highest BCUT2D eigenvalue weighted by molar-refractivity contribution is 7.20. The molecule has 2 aromatic rings. The Morgan fingerprint density at radius 2 is 1.85 bits per heavy atom. The molecule has 0 aliphatic carbocycles. The molecule has 2 nitrogen and oxygen atoms in total. The normalized spacial score (nSPS) is 10.7. The maximum Gasteiger partial charge on any atom is 0.202 e. The van der Waals surface area contributed by atoms with Crippen LogP contribution < -0.4 is 4.74 Å². The highest BCUT2D eigenvalue weighted by Crippen LogP contribution is 2.32. The van der Waals surface area contributed by atoms with Gasteiger partial charge in [0.05, 0.1) is 9.90 Å². The smallest absolute Gasteiger partial charge is 0.202 e. The molecule has 0 radical (unpaired) electrons. The van der Waals surface area contributed by atoms with Crippen LogP contribution >= 0.6 is 34.5 Å². The molecule has 0 fully saturated rings. The molecule has 0 amide bonds. The summed E-state index contributed by atoms with van der Waals surface area (Å²) >= 11 is 13.0. The zero-order valence-electron chi connectivity index (χ0n) is 11.4. The molecule has 0 unspecified atom stereocenters. The molecular weight excluding hydrogens is 315 g/mol. The SMILES string of the molecule is Cc1ccc(C)c(OCC(=O)c2cc(Cl)sc2Cl)c1C. The third-order valence-corrected chi connectivity index (χ3v) is 4.67. The number of ketones is 1. The van der Waals surface area contributed by atoms with Crippen LogP contribution in [0.4, 0.5) is 0 Å². The Kier molecular flexibility index (Phi) is 4.74. The van der Waals surface area contributed by atoms with E-state index in [0.29, 0.717) is 14.2 Å². The Bertz CT molecular complexity index is 662. The minimum absolute atomic E-state index is 0.0437. The van der Waals surface area contributed by atoms with E-state index >= 15 is 0 Å². The Labute approximate surface area is 132 Å². The highest BCUT2D eigenvalue weighted by atomic mass is 35.5. The number of carbonyl (C=O) groups is 1. The Morgan fingerprint density at radius 3 is 2.45 bits per heavy atom. The second kappa shape index (κ2) is 6.17. The van der Waals surface area contributed by atoms with E-state index in [4.69, 9.17) is 27.9 Å². The zero-order valence-corrected chi connectivity index (χ0v) is 13.7. The molecule has 1 heterocycles. The molecule has 0 saturated heterocycles. The van der Waals surface area contributed by atoms with Crippen molar-refractivity contribution in [3.63, 3.8) is 0 Å². The van der Waals surface area contributed by atoms with Crippen LogP contribution in [0.5, 0.6) is 5.75 Å². The molecule has 5 heteroatoms. The van der Waals surface area contributed by atoms with Gasteiger partial charge in [-0.3, -0.25) is 4.79 Å². The van der Waals surface area contributed by atoms with Crippen molar-refractivity contribution in [1.29, 1.82) is 0 Å². The molecule has 1 aromatic heterocycles. The number of benzene rings is 1. The summed E-state index contributed by atoms with van der Waals surface area (Å²) in [5.74, 6) is 0.592. The molecule has 1 aromatic carbocycles. The minimum atomic E-state index is -0.168. The summed E-state index contributed by atoms with van der Waals surface area (Å²) in [5.41, 5.74) is 3.61. The number of aryl methyl sites for hydroxylation is 2. The van der Waals surface area contributed by atoms with Crippen LogP contribution in [0.1, 0.15) is 27.0 Å². The second-order valence-corrected chi connectivity index (χ2v) is 6.89. The number of Topliss-reactive ketones (excluding diaryl/α,β-unsaturated/α-hetero) is 1. The standard InChI is InChI=1S/C15H14Cl2O2S/c1-8-4-5-9(2)14(10(8)3)19-7-12(18)11-6-13(16)20-15(11)17/h4-6H,7H2,1-3H3. The second-order valence-electron chi connectivity index (χ2n) is 4.60. The number of hydrogen-bond acceptors (Lipinski definition) is 3. The van der Waals surface area contributed by atoms with E-state index in [1.807, 2.05) is 32.9 Å². The van der Waals surface area contributed by atoms with E-state index in [1.165, 1.54) is 11.3 Å². The quantitative estimate of drug-likeness (QED) is 0.717. The lowest BCUT2D eigenvalue weighted by atomic mass is 10.1. The third kappa shape index (κ3) is 3.17. The maximum absolute atomic E-state index is 12.1. The van der Waals surface area contributed by atoms with Gasteiger partial charge >= 0.3 is 0 Å². The number of halogens is 2. The van der Waals surface area contributed by atoms with Gasteiger partial charge in [-0.05, 0) is 43.5 Å². The predicted octanol–water partition coefficient (Wildman–Crippen LogP) is 5.24. The van der Waals surface area contributed by atoms with Gasteiger partial charge in [0.2, 0.25) is 5.78 Å². The third-order valence-electron chi connectivity index (χ3n) is 3.18. The van der Waals surface area contributed by atoms with Crippen LogP contribution in [0.2, 0.25) is 8.67 Å². The molecule has 20 heavy (non-hydrogen) atoms. The fourth-order valence-corrected chi connectivity index (χ4v) is 3.39. The summed E-state index contributed by atoms with van der Waals surface area (Å²) in [6, 6.07) is 5.60. The average Bonchev–Trinajstić information content (AvgIpc) is 2.73. The molecule has 0 bridgehead atoms. The van der Waals surface area contributed by atoms with Crippen LogP contribution in [-0.4, -0.2) is 12.4 Å². The first-order valence-electron chi connectivity index (χ1n) is 6.07. The number of hydrogen-bond donors (Lipinski definition) is 0. The molecule has 0 spiro atoms. The monoisotopic (exact) mass is 328 g/mol. The van der Waals surface area contributed by atoms with Crippen molar-refractivity contribution in [2.24, 2.45) is 0 Å². The van der Waals surface area contributed by atoms with Gasteiger partial charge in [-0.15, -0.1) is 11.3 Å². The number of thiophene rings is 1. The topological polar surface area (TPSA) is 26.3 Å². The van der Waals surface area contributed by atoms with Crippen molar-refractivity contribution in [2.45, 2.75) is 20.8 Å². The van der Waals surface area contributed by atoms with E-state index < -0.39 is 0 Å². The Morgan fingerprint density at radius 1 is 1.20 bits per heavy atom. The maximum atomic E-state index is 12.1. The first kappa shape index (κ1) is 15.4. The average molecular weight is 329 g/mol. The van der Waals surface area contributed by atoms with Crippen molar-refractivity contribution < 1.29 is 9.53 Å². The largest absolute Gasteiger partial charge is 0.485 e. The van der Waals surface area contributed by atoms with Gasteiger partial charge in [0.25, 0.3) is 0 Å². The van der Waals surface area contributed by atoms with E-state index in [0.717, 1.165) is 22.4 Å². The van der Waals surface area contributed by atoms with Crippen molar-refractivity contribution in [3.05, 3.63) is 49.1 Å². The van der Waals surface area contributed by atoms with Crippen molar-refractivity contribution in [3.8, 4) is 5.75 Å². The van der Waals surface area contributed by atoms with Crippen molar-refractivity contribution in [2.75, 3.05) is 6.61 Å². The number of carbonyl (C=O) groups excluding carboxylic acids is 1. The first-order valence-corrected chi connectivity index (χ1v) is 7.65. The summed E-state index contributed by atoms with van der Waals surface area (Å²) in [7, 11) is 0. The fourth-order valence-electron chi connectivity index (χ4n) is 1.89. The summed E-state index contributed by atoms with van der Waals surface area (Å²) < 4.78 is 6.59. The van der Waals surface area contributed by atoms with Gasteiger partial charge < -0.3 is 4.74 Å². The lowest BCUT2D eigenvalue weighted by molar-refractivity contribution is 0.0921. The first-order chi connectivity index (χ1) is 9.40. The number of ether oxygens (including phenoxy) is 1. The lowest BCUT2D eigenvalue weighted by Gasteiger charge is -2.13. The van der Waals surface area contributed by atoms with E-state index in [1.54, 1.807) is 6.07 Å².